The molecule has 1 aliphatic rings. The van der Waals surface area contributed by atoms with Gasteiger partial charge in [0.25, 0.3) is 0 Å². The molecule has 9 nitrogen and oxygen atoms in total. The van der Waals surface area contributed by atoms with E-state index >= 15 is 0 Å². The zero-order valence-electron chi connectivity index (χ0n) is 23.2. The quantitative estimate of drug-likeness (QED) is 0.282. The van der Waals surface area contributed by atoms with Gasteiger partial charge in [0, 0.05) is 47.7 Å². The second-order valence-electron chi connectivity index (χ2n) is 10.3. The highest BCUT2D eigenvalue weighted by molar-refractivity contribution is 5.98. The molecule has 3 heterocycles. The summed E-state index contributed by atoms with van der Waals surface area (Å²) in [5, 5.41) is 11.9. The van der Waals surface area contributed by atoms with Crippen LogP contribution >= 0.6 is 0 Å². The molecule has 40 heavy (non-hydrogen) atoms. The number of hydrogen-bond donors (Lipinski definition) is 1. The molecular formula is C31H36N6O3. The van der Waals surface area contributed by atoms with Gasteiger partial charge in [0.2, 0.25) is 5.91 Å². The summed E-state index contributed by atoms with van der Waals surface area (Å²) in [5.74, 6) is 0.561. The van der Waals surface area contributed by atoms with Gasteiger partial charge < -0.3 is 15.0 Å². The average Bonchev–Trinajstić information content (AvgIpc) is 3.58. The Morgan fingerprint density at radius 3 is 2.60 bits per heavy atom. The average molecular weight is 541 g/mol. The van der Waals surface area contributed by atoms with E-state index in [1.807, 2.05) is 66.5 Å². The largest absolute Gasteiger partial charge is 0.497 e. The number of rotatable bonds is 11. The number of aromatic nitrogens is 4. The zero-order valence-corrected chi connectivity index (χ0v) is 23.2. The van der Waals surface area contributed by atoms with Crippen LogP contribution in [0.25, 0.3) is 5.69 Å². The van der Waals surface area contributed by atoms with Gasteiger partial charge in [-0.1, -0.05) is 24.6 Å². The standard InChI is InChI=1S/C31H36N6O3/c1-23-26(21-33-36(23)15-14-35-12-4-3-5-13-35)18-30(38)25-8-6-10-28(17-25)37-22-24(20-32-37)16-31(39)34-27-9-7-11-29(19-27)40-2/h6-11,17,19-22H,3-5,12-16,18H2,1-2H3,(H,34,39). The van der Waals surface area contributed by atoms with Gasteiger partial charge in [-0.05, 0) is 62.7 Å². The van der Waals surface area contributed by atoms with Crippen LogP contribution in [0.1, 0.15) is 46.4 Å². The highest BCUT2D eigenvalue weighted by Crippen LogP contribution is 2.18. The Labute approximate surface area is 234 Å². The maximum atomic E-state index is 13.2. The lowest BCUT2D eigenvalue weighted by atomic mass is 10.0. The minimum absolute atomic E-state index is 0.0329. The Morgan fingerprint density at radius 2 is 1.77 bits per heavy atom. The summed E-state index contributed by atoms with van der Waals surface area (Å²) in [6, 6.07) is 14.6. The summed E-state index contributed by atoms with van der Waals surface area (Å²) in [5.41, 5.74) is 4.82. The Balaban J connectivity index is 1.19. The third-order valence-corrected chi connectivity index (χ3v) is 7.42. The highest BCUT2D eigenvalue weighted by atomic mass is 16.5. The minimum Gasteiger partial charge on any atom is -0.497 e. The SMILES string of the molecule is COc1cccc(NC(=O)Cc2cnn(-c3cccc(C(=O)Cc4cnn(CCN5CCCCC5)c4C)c3)c2)c1. The molecule has 0 unspecified atom stereocenters. The number of nitrogens with zero attached hydrogens (tertiary/aromatic N) is 5. The van der Waals surface area contributed by atoms with E-state index in [9.17, 15) is 9.59 Å². The molecule has 0 bridgehead atoms. The maximum absolute atomic E-state index is 13.2. The summed E-state index contributed by atoms with van der Waals surface area (Å²) in [7, 11) is 1.59. The van der Waals surface area contributed by atoms with Gasteiger partial charge in [-0.2, -0.15) is 10.2 Å². The second-order valence-corrected chi connectivity index (χ2v) is 10.3. The summed E-state index contributed by atoms with van der Waals surface area (Å²) in [6.45, 7) is 6.20. The molecule has 1 aliphatic heterocycles. The van der Waals surface area contributed by atoms with Crippen molar-refractivity contribution in [1.82, 2.24) is 24.5 Å². The lowest BCUT2D eigenvalue weighted by Crippen LogP contribution is -2.32. The third kappa shape index (κ3) is 6.84. The van der Waals surface area contributed by atoms with Crippen LogP contribution in [0.5, 0.6) is 5.75 Å². The van der Waals surface area contributed by atoms with Crippen molar-refractivity contribution in [3.05, 3.63) is 89.5 Å². The first-order valence-corrected chi connectivity index (χ1v) is 13.8. The van der Waals surface area contributed by atoms with Crippen molar-refractivity contribution in [3.8, 4) is 11.4 Å². The van der Waals surface area contributed by atoms with Crippen LogP contribution in [-0.2, 0) is 24.2 Å². The van der Waals surface area contributed by atoms with Gasteiger partial charge in [0.15, 0.2) is 5.78 Å². The number of likely N-dealkylation sites (tertiary alicyclic amines) is 1. The monoisotopic (exact) mass is 540 g/mol. The van der Waals surface area contributed by atoms with E-state index in [0.29, 0.717) is 23.4 Å². The van der Waals surface area contributed by atoms with E-state index in [0.717, 1.165) is 48.7 Å². The van der Waals surface area contributed by atoms with Crippen LogP contribution in [0.4, 0.5) is 5.69 Å². The molecule has 2 aromatic heterocycles. The predicted molar refractivity (Wildman–Crippen MR) is 154 cm³/mol. The number of piperidine rings is 1. The first kappa shape index (κ1) is 27.3. The lowest BCUT2D eigenvalue weighted by Gasteiger charge is -2.26. The molecule has 1 amide bonds. The van der Waals surface area contributed by atoms with Gasteiger partial charge in [-0.15, -0.1) is 0 Å². The fraction of sp³-hybridized carbons (Fsp3) is 0.355. The molecule has 2 aromatic carbocycles. The Kier molecular flexibility index (Phi) is 8.71. The molecule has 4 aromatic rings. The molecule has 0 spiro atoms. The van der Waals surface area contributed by atoms with Gasteiger partial charge in [0.1, 0.15) is 5.75 Å². The number of Topliss-reactive ketones (excluding diaryl/α,β-unsaturated/α-hetero) is 1. The number of methoxy groups -OCH3 is 1. The number of anilines is 1. The molecule has 0 atom stereocenters. The molecular weight excluding hydrogens is 504 g/mol. The number of carbonyl (C=O) groups excluding carboxylic acids is 2. The number of benzene rings is 2. The lowest BCUT2D eigenvalue weighted by molar-refractivity contribution is -0.115. The summed E-state index contributed by atoms with van der Waals surface area (Å²) in [6.07, 6.45) is 9.65. The highest BCUT2D eigenvalue weighted by Gasteiger charge is 2.16. The molecule has 208 valence electrons. The van der Waals surface area contributed by atoms with Crippen LogP contribution in [0, 0.1) is 6.92 Å². The van der Waals surface area contributed by atoms with E-state index in [4.69, 9.17) is 4.74 Å². The first-order valence-electron chi connectivity index (χ1n) is 13.8. The predicted octanol–water partition coefficient (Wildman–Crippen LogP) is 4.48. The summed E-state index contributed by atoms with van der Waals surface area (Å²) in [4.78, 5) is 28.2. The van der Waals surface area contributed by atoms with Crippen molar-refractivity contribution in [2.24, 2.45) is 0 Å². The maximum Gasteiger partial charge on any atom is 0.228 e. The van der Waals surface area contributed by atoms with Gasteiger partial charge in [-0.3, -0.25) is 14.3 Å². The molecule has 9 heteroatoms. The van der Waals surface area contributed by atoms with E-state index in [-0.39, 0.29) is 18.1 Å². The molecule has 0 radical (unpaired) electrons. The van der Waals surface area contributed by atoms with Crippen molar-refractivity contribution in [2.45, 2.75) is 45.6 Å². The summed E-state index contributed by atoms with van der Waals surface area (Å²) < 4.78 is 8.92. The molecule has 0 aliphatic carbocycles. The summed E-state index contributed by atoms with van der Waals surface area (Å²) >= 11 is 0. The third-order valence-electron chi connectivity index (χ3n) is 7.42. The zero-order chi connectivity index (χ0) is 27.9. The van der Waals surface area contributed by atoms with Crippen molar-refractivity contribution in [1.29, 1.82) is 0 Å². The van der Waals surface area contributed by atoms with E-state index in [1.54, 1.807) is 24.1 Å². The topological polar surface area (TPSA) is 94.3 Å². The number of ketones is 1. The van der Waals surface area contributed by atoms with Crippen molar-refractivity contribution in [3.63, 3.8) is 0 Å². The molecule has 5 rings (SSSR count). The Bertz CT molecular complexity index is 1470. The van der Waals surface area contributed by atoms with E-state index in [2.05, 4.69) is 20.4 Å². The van der Waals surface area contributed by atoms with Gasteiger partial charge in [0.05, 0.1) is 38.2 Å². The van der Waals surface area contributed by atoms with Crippen LogP contribution in [-0.4, -0.2) is 62.9 Å². The van der Waals surface area contributed by atoms with Crippen molar-refractivity contribution in [2.75, 3.05) is 32.1 Å². The number of hydrogen-bond acceptors (Lipinski definition) is 6. The van der Waals surface area contributed by atoms with E-state index < -0.39 is 0 Å². The molecule has 1 N–H and O–H groups in total. The number of ether oxygens (including phenoxy) is 1. The fourth-order valence-corrected chi connectivity index (χ4v) is 5.08. The normalized spacial score (nSPS) is 13.8. The minimum atomic E-state index is -0.149. The fourth-order valence-electron chi connectivity index (χ4n) is 5.08. The molecule has 0 saturated carbocycles. The van der Waals surface area contributed by atoms with Crippen molar-refractivity contribution < 1.29 is 14.3 Å². The molecule has 1 saturated heterocycles. The van der Waals surface area contributed by atoms with Crippen LogP contribution in [0.2, 0.25) is 0 Å². The number of carbonyl (C=O) groups is 2. The Morgan fingerprint density at radius 1 is 0.950 bits per heavy atom. The van der Waals surface area contributed by atoms with E-state index in [1.165, 1.54) is 19.3 Å². The number of nitrogens with one attached hydrogen (secondary N) is 1. The van der Waals surface area contributed by atoms with Gasteiger partial charge in [-0.25, -0.2) is 4.68 Å². The van der Waals surface area contributed by atoms with Gasteiger partial charge >= 0.3 is 0 Å². The van der Waals surface area contributed by atoms with Crippen molar-refractivity contribution >= 4 is 17.4 Å². The Hall–Kier alpha value is -4.24. The van der Waals surface area contributed by atoms with Crippen LogP contribution < -0.4 is 10.1 Å². The molecule has 1 fully saturated rings. The number of amides is 1. The second kappa shape index (κ2) is 12.7. The first-order chi connectivity index (χ1) is 19.5. The van der Waals surface area contributed by atoms with Crippen LogP contribution in [0.15, 0.2) is 67.1 Å². The van der Waals surface area contributed by atoms with Crippen LogP contribution in [0.3, 0.4) is 0 Å². The smallest absolute Gasteiger partial charge is 0.228 e.